The van der Waals surface area contributed by atoms with Crippen molar-refractivity contribution < 1.29 is 0 Å². The highest BCUT2D eigenvalue weighted by Gasteiger charge is 2.25. The van der Waals surface area contributed by atoms with E-state index in [1.54, 1.807) is 17.2 Å². The van der Waals surface area contributed by atoms with Crippen LogP contribution >= 0.6 is 0 Å². The molecule has 0 unspecified atom stereocenters. The number of hydrogen-bond acceptors (Lipinski definition) is 7. The molecule has 0 N–H and O–H groups in total. The highest BCUT2D eigenvalue weighted by atomic mass is 15.4. The van der Waals surface area contributed by atoms with Gasteiger partial charge >= 0.3 is 0 Å². The lowest BCUT2D eigenvalue weighted by Gasteiger charge is -2.30. The largest absolute Gasteiger partial charge is 0.299 e. The van der Waals surface area contributed by atoms with E-state index in [4.69, 9.17) is 5.10 Å². The highest BCUT2D eigenvalue weighted by molar-refractivity contribution is 5.39. The van der Waals surface area contributed by atoms with E-state index in [-0.39, 0.29) is 0 Å². The molecule has 1 fully saturated rings. The maximum absolute atomic E-state index is 4.70. The van der Waals surface area contributed by atoms with Crippen LogP contribution in [-0.4, -0.2) is 57.5 Å². The van der Waals surface area contributed by atoms with Gasteiger partial charge in [0.25, 0.3) is 0 Å². The quantitative estimate of drug-likeness (QED) is 0.544. The Hall–Kier alpha value is -3.20. The lowest BCUT2D eigenvalue weighted by Crippen LogP contribution is -2.33. The molecule has 0 atom stereocenters. The zero-order valence-corrected chi connectivity index (χ0v) is 14.8. The Labute approximate surface area is 155 Å². The monoisotopic (exact) mass is 361 g/mol. The smallest absolute Gasteiger partial charge is 0.178 e. The summed E-state index contributed by atoms with van der Waals surface area (Å²) < 4.78 is 3.61. The predicted octanol–water partition coefficient (Wildman–Crippen LogP) is 1.48. The molecule has 0 aromatic carbocycles. The third-order valence-corrected chi connectivity index (χ3v) is 4.98. The fourth-order valence-electron chi connectivity index (χ4n) is 3.60. The normalized spacial score (nSPS) is 16.1. The topological polar surface area (TPSA) is 89.9 Å². The summed E-state index contributed by atoms with van der Waals surface area (Å²) in [4.78, 5) is 10.6. The summed E-state index contributed by atoms with van der Waals surface area (Å²) in [6.45, 7) is 2.90. The van der Waals surface area contributed by atoms with Crippen LogP contribution in [0.3, 0.4) is 0 Å². The van der Waals surface area contributed by atoms with Gasteiger partial charge in [0.15, 0.2) is 17.3 Å². The van der Waals surface area contributed by atoms with Gasteiger partial charge in [-0.2, -0.15) is 9.61 Å². The molecule has 1 aliphatic rings. The van der Waals surface area contributed by atoms with E-state index < -0.39 is 0 Å². The first-order valence-electron chi connectivity index (χ1n) is 9.05. The van der Waals surface area contributed by atoms with Gasteiger partial charge in [0, 0.05) is 42.8 Å². The van der Waals surface area contributed by atoms with Crippen LogP contribution in [0.5, 0.6) is 0 Å². The summed E-state index contributed by atoms with van der Waals surface area (Å²) in [6, 6.07) is 5.73. The van der Waals surface area contributed by atoms with Crippen molar-refractivity contribution in [3.63, 3.8) is 0 Å². The number of nitrogens with zero attached hydrogens (tertiary/aromatic N) is 9. The second kappa shape index (κ2) is 6.84. The molecule has 9 heteroatoms. The van der Waals surface area contributed by atoms with Gasteiger partial charge in [-0.1, -0.05) is 0 Å². The molecule has 0 amide bonds. The molecule has 5 rings (SSSR count). The first-order chi connectivity index (χ1) is 13.4. The van der Waals surface area contributed by atoms with Crippen molar-refractivity contribution >= 4 is 5.65 Å². The molecular weight excluding hydrogens is 342 g/mol. The Morgan fingerprint density at radius 3 is 2.67 bits per heavy atom. The molecule has 4 aromatic rings. The van der Waals surface area contributed by atoms with Gasteiger partial charge in [-0.25, -0.2) is 14.6 Å². The van der Waals surface area contributed by atoms with Gasteiger partial charge in [-0.3, -0.25) is 4.90 Å². The van der Waals surface area contributed by atoms with Crippen molar-refractivity contribution in [3.05, 3.63) is 60.7 Å². The van der Waals surface area contributed by atoms with E-state index in [0.717, 1.165) is 55.3 Å². The van der Waals surface area contributed by atoms with Crippen molar-refractivity contribution in [1.29, 1.82) is 0 Å². The number of aromatic nitrogens is 8. The molecule has 9 nitrogen and oxygen atoms in total. The lowest BCUT2D eigenvalue weighted by molar-refractivity contribution is 0.200. The molecule has 0 spiro atoms. The number of rotatable bonds is 4. The minimum atomic E-state index is 0.351. The molecule has 0 bridgehead atoms. The highest BCUT2D eigenvalue weighted by Crippen LogP contribution is 2.27. The Kier molecular flexibility index (Phi) is 4.06. The summed E-state index contributed by atoms with van der Waals surface area (Å²) in [5.41, 5.74) is 1.92. The maximum atomic E-state index is 4.70. The van der Waals surface area contributed by atoms with E-state index in [1.807, 2.05) is 41.3 Å². The minimum Gasteiger partial charge on any atom is -0.299 e. The molecule has 1 saturated heterocycles. The molecule has 1 aliphatic heterocycles. The van der Waals surface area contributed by atoms with Crippen LogP contribution in [0, 0.1) is 0 Å². The zero-order chi connectivity index (χ0) is 18.1. The van der Waals surface area contributed by atoms with Crippen molar-refractivity contribution in [3.8, 4) is 5.82 Å². The number of piperidine rings is 1. The molecule has 0 aliphatic carbocycles. The van der Waals surface area contributed by atoms with Crippen molar-refractivity contribution in [2.75, 3.05) is 13.1 Å². The predicted molar refractivity (Wildman–Crippen MR) is 97.2 cm³/mol. The van der Waals surface area contributed by atoms with Crippen LogP contribution < -0.4 is 0 Å². The van der Waals surface area contributed by atoms with E-state index in [9.17, 15) is 0 Å². The Morgan fingerprint density at radius 2 is 1.89 bits per heavy atom. The molecule has 136 valence electrons. The van der Waals surface area contributed by atoms with Crippen LogP contribution in [-0.2, 0) is 6.54 Å². The van der Waals surface area contributed by atoms with Crippen LogP contribution in [0.25, 0.3) is 11.5 Å². The van der Waals surface area contributed by atoms with E-state index in [0.29, 0.717) is 5.92 Å². The second-order valence-electron chi connectivity index (χ2n) is 6.77. The standard InChI is InChI=1S/C18H19N9/c1-6-21-26(7-1)17-3-2-16-22-23-18(27(16)24-17)15-4-8-25(9-5-15)12-14-10-19-13-20-11-14/h1-3,6-7,10-11,13,15H,4-5,8-9,12H2. The Bertz CT molecular complexity index is 1020. The zero-order valence-electron chi connectivity index (χ0n) is 14.8. The molecule has 4 aromatic heterocycles. The lowest BCUT2D eigenvalue weighted by atomic mass is 9.96. The second-order valence-corrected chi connectivity index (χ2v) is 6.77. The SMILES string of the molecule is c1cnn(-c2ccc3nnc(C4CCN(Cc5cncnc5)CC4)n3n2)c1. The number of likely N-dealkylation sites (tertiary alicyclic amines) is 1. The first-order valence-corrected chi connectivity index (χ1v) is 9.05. The van der Waals surface area contributed by atoms with Gasteiger partial charge in [0.05, 0.1) is 0 Å². The molecule has 5 heterocycles. The van der Waals surface area contributed by atoms with Gasteiger partial charge in [0.2, 0.25) is 0 Å². The van der Waals surface area contributed by atoms with Crippen LogP contribution in [0.2, 0.25) is 0 Å². The van der Waals surface area contributed by atoms with E-state index in [2.05, 4.69) is 30.2 Å². The summed E-state index contributed by atoms with van der Waals surface area (Å²) in [7, 11) is 0. The van der Waals surface area contributed by atoms with Gasteiger partial charge in [0.1, 0.15) is 6.33 Å². The molecule has 0 saturated carbocycles. The van der Waals surface area contributed by atoms with Crippen LogP contribution in [0.4, 0.5) is 0 Å². The fraction of sp³-hybridized carbons (Fsp3) is 0.333. The number of fused-ring (bicyclic) bond motifs is 1. The van der Waals surface area contributed by atoms with Crippen LogP contribution in [0.15, 0.2) is 49.3 Å². The third kappa shape index (κ3) is 3.17. The fourth-order valence-corrected chi connectivity index (χ4v) is 3.60. The third-order valence-electron chi connectivity index (χ3n) is 4.98. The molecule has 27 heavy (non-hydrogen) atoms. The average molecular weight is 361 g/mol. The molecule has 0 radical (unpaired) electrons. The van der Waals surface area contributed by atoms with Gasteiger partial charge in [-0.15, -0.1) is 15.3 Å². The van der Waals surface area contributed by atoms with Crippen molar-refractivity contribution in [1.82, 2.24) is 44.5 Å². The van der Waals surface area contributed by atoms with E-state index in [1.165, 1.54) is 0 Å². The Balaban J connectivity index is 1.33. The summed E-state index contributed by atoms with van der Waals surface area (Å²) in [6.07, 6.45) is 11.0. The summed E-state index contributed by atoms with van der Waals surface area (Å²) in [5.74, 6) is 2.04. The summed E-state index contributed by atoms with van der Waals surface area (Å²) in [5, 5.41) is 17.7. The average Bonchev–Trinajstić information content (AvgIpc) is 3.39. The summed E-state index contributed by atoms with van der Waals surface area (Å²) >= 11 is 0. The van der Waals surface area contributed by atoms with Crippen molar-refractivity contribution in [2.45, 2.75) is 25.3 Å². The Morgan fingerprint density at radius 1 is 1.04 bits per heavy atom. The van der Waals surface area contributed by atoms with Gasteiger partial charge < -0.3 is 0 Å². The van der Waals surface area contributed by atoms with E-state index >= 15 is 0 Å². The molecular formula is C18H19N9. The maximum Gasteiger partial charge on any atom is 0.178 e. The van der Waals surface area contributed by atoms with Crippen molar-refractivity contribution in [2.24, 2.45) is 0 Å². The first kappa shape index (κ1) is 16.0. The number of hydrogen-bond donors (Lipinski definition) is 0. The van der Waals surface area contributed by atoms with Crippen LogP contribution in [0.1, 0.15) is 30.1 Å². The minimum absolute atomic E-state index is 0.351. The van der Waals surface area contributed by atoms with Gasteiger partial charge in [-0.05, 0) is 44.1 Å².